The van der Waals surface area contributed by atoms with Gasteiger partial charge in [-0.25, -0.2) is 4.68 Å². The first kappa shape index (κ1) is 14.0. The van der Waals surface area contributed by atoms with Crippen LogP contribution in [0.3, 0.4) is 0 Å². The molecule has 0 radical (unpaired) electrons. The van der Waals surface area contributed by atoms with Gasteiger partial charge >= 0.3 is 0 Å². The molecular formula is C13H19N5S. The number of benzene rings is 1. The molecule has 0 saturated carbocycles. The summed E-state index contributed by atoms with van der Waals surface area (Å²) in [6.07, 6.45) is 1.16. The molecule has 2 rings (SSSR count). The van der Waals surface area contributed by atoms with Gasteiger partial charge in [-0.15, -0.1) is 5.10 Å². The summed E-state index contributed by atoms with van der Waals surface area (Å²) >= 11 is 1.58. The second kappa shape index (κ2) is 6.68. The van der Waals surface area contributed by atoms with Crippen LogP contribution >= 0.6 is 11.8 Å². The fourth-order valence-electron chi connectivity index (χ4n) is 1.74. The standard InChI is InChI=1S/C13H19N5S/c1-4-7-14-9-11-5-6-12(8-10(11)2)19-13-15-16-17-18(13)3/h5-6,8,14H,4,7,9H2,1-3H3. The second-order valence-electron chi connectivity index (χ2n) is 4.45. The summed E-state index contributed by atoms with van der Waals surface area (Å²) in [6.45, 7) is 6.30. The molecule has 1 N–H and O–H groups in total. The molecule has 0 spiro atoms. The maximum atomic E-state index is 3.98. The molecule has 2 aromatic rings. The number of nitrogens with zero attached hydrogens (tertiary/aromatic N) is 4. The monoisotopic (exact) mass is 277 g/mol. The van der Waals surface area contributed by atoms with E-state index < -0.39 is 0 Å². The Labute approximate surface area is 117 Å². The Balaban J connectivity index is 2.04. The van der Waals surface area contributed by atoms with Gasteiger partial charge in [0.05, 0.1) is 0 Å². The zero-order valence-electron chi connectivity index (χ0n) is 11.6. The average Bonchev–Trinajstić information content (AvgIpc) is 2.78. The molecule has 1 aromatic carbocycles. The minimum Gasteiger partial charge on any atom is -0.313 e. The highest BCUT2D eigenvalue weighted by atomic mass is 32.2. The minimum absolute atomic E-state index is 0.802. The molecule has 0 unspecified atom stereocenters. The van der Waals surface area contributed by atoms with Crippen molar-refractivity contribution in [1.29, 1.82) is 0 Å². The van der Waals surface area contributed by atoms with E-state index in [1.165, 1.54) is 11.1 Å². The summed E-state index contributed by atoms with van der Waals surface area (Å²) in [7, 11) is 1.85. The molecule has 1 heterocycles. The molecule has 0 amide bonds. The highest BCUT2D eigenvalue weighted by molar-refractivity contribution is 7.99. The molecule has 0 aliphatic heterocycles. The van der Waals surface area contributed by atoms with Gasteiger partial charge in [0.2, 0.25) is 5.16 Å². The van der Waals surface area contributed by atoms with E-state index in [9.17, 15) is 0 Å². The number of aromatic nitrogens is 4. The lowest BCUT2D eigenvalue weighted by Gasteiger charge is -2.08. The lowest BCUT2D eigenvalue weighted by atomic mass is 10.1. The molecule has 1 aromatic heterocycles. The first-order valence-electron chi connectivity index (χ1n) is 6.41. The molecule has 0 aliphatic carbocycles. The van der Waals surface area contributed by atoms with Crippen LogP contribution in [0.1, 0.15) is 24.5 Å². The summed E-state index contributed by atoms with van der Waals surface area (Å²) in [4.78, 5) is 1.16. The highest BCUT2D eigenvalue weighted by Crippen LogP contribution is 2.26. The predicted molar refractivity (Wildman–Crippen MR) is 76.1 cm³/mol. The Bertz CT molecular complexity index is 538. The number of nitrogens with one attached hydrogen (secondary N) is 1. The molecule has 19 heavy (non-hydrogen) atoms. The van der Waals surface area contributed by atoms with Gasteiger partial charge in [-0.3, -0.25) is 0 Å². The zero-order chi connectivity index (χ0) is 13.7. The number of hydrogen-bond donors (Lipinski definition) is 1. The van der Waals surface area contributed by atoms with E-state index in [2.05, 4.69) is 52.9 Å². The third kappa shape index (κ3) is 3.78. The third-order valence-electron chi connectivity index (χ3n) is 2.85. The van der Waals surface area contributed by atoms with Crippen molar-refractivity contribution in [3.63, 3.8) is 0 Å². The van der Waals surface area contributed by atoms with E-state index >= 15 is 0 Å². The first-order chi connectivity index (χ1) is 9.20. The number of aryl methyl sites for hydroxylation is 2. The largest absolute Gasteiger partial charge is 0.313 e. The minimum atomic E-state index is 0.802. The predicted octanol–water partition coefficient (Wildman–Crippen LogP) is 2.17. The van der Waals surface area contributed by atoms with Crippen LogP contribution in [-0.4, -0.2) is 26.8 Å². The third-order valence-corrected chi connectivity index (χ3v) is 3.86. The number of tetrazole rings is 1. The van der Waals surface area contributed by atoms with E-state index in [4.69, 9.17) is 0 Å². The van der Waals surface area contributed by atoms with Crippen molar-refractivity contribution >= 4 is 11.8 Å². The Kier molecular flexibility index (Phi) is 4.93. The summed E-state index contributed by atoms with van der Waals surface area (Å²) in [6, 6.07) is 6.47. The molecular weight excluding hydrogens is 258 g/mol. The van der Waals surface area contributed by atoms with Gasteiger partial charge in [0.15, 0.2) is 0 Å². The molecule has 0 aliphatic rings. The SMILES string of the molecule is CCCNCc1ccc(Sc2nnnn2C)cc1C. The van der Waals surface area contributed by atoms with Gasteiger partial charge in [-0.2, -0.15) is 0 Å². The molecule has 0 fully saturated rings. The Hall–Kier alpha value is -1.40. The van der Waals surface area contributed by atoms with Gasteiger partial charge in [0.25, 0.3) is 0 Å². The molecule has 0 saturated heterocycles. The van der Waals surface area contributed by atoms with Crippen LogP contribution in [0, 0.1) is 6.92 Å². The van der Waals surface area contributed by atoms with E-state index in [0.29, 0.717) is 0 Å². The van der Waals surface area contributed by atoms with Crippen molar-refractivity contribution in [1.82, 2.24) is 25.5 Å². The van der Waals surface area contributed by atoms with E-state index in [1.54, 1.807) is 16.4 Å². The Morgan fingerprint density at radius 2 is 2.21 bits per heavy atom. The van der Waals surface area contributed by atoms with E-state index in [1.807, 2.05) is 7.05 Å². The number of hydrogen-bond acceptors (Lipinski definition) is 5. The second-order valence-corrected chi connectivity index (χ2v) is 5.49. The summed E-state index contributed by atoms with van der Waals surface area (Å²) in [5, 5.41) is 15.7. The van der Waals surface area contributed by atoms with Crippen LogP contribution in [0.15, 0.2) is 28.3 Å². The maximum absolute atomic E-state index is 3.98. The van der Waals surface area contributed by atoms with Crippen LogP contribution < -0.4 is 5.32 Å². The fraction of sp³-hybridized carbons (Fsp3) is 0.462. The lowest BCUT2D eigenvalue weighted by Crippen LogP contribution is -2.14. The molecule has 0 atom stereocenters. The smallest absolute Gasteiger partial charge is 0.213 e. The molecule has 5 nitrogen and oxygen atoms in total. The van der Waals surface area contributed by atoms with Crippen molar-refractivity contribution < 1.29 is 0 Å². The summed E-state index contributed by atoms with van der Waals surface area (Å²) in [5.41, 5.74) is 2.64. The van der Waals surface area contributed by atoms with Crippen LogP contribution in [0.5, 0.6) is 0 Å². The normalized spacial score (nSPS) is 10.9. The Morgan fingerprint density at radius 3 is 2.84 bits per heavy atom. The molecule has 6 heteroatoms. The Morgan fingerprint density at radius 1 is 1.37 bits per heavy atom. The van der Waals surface area contributed by atoms with Crippen molar-refractivity contribution in [3.8, 4) is 0 Å². The van der Waals surface area contributed by atoms with Gasteiger partial charge in [0.1, 0.15) is 0 Å². The van der Waals surface area contributed by atoms with Crippen molar-refractivity contribution in [3.05, 3.63) is 29.3 Å². The van der Waals surface area contributed by atoms with Crippen LogP contribution in [0.4, 0.5) is 0 Å². The van der Waals surface area contributed by atoms with Gasteiger partial charge < -0.3 is 5.32 Å². The zero-order valence-corrected chi connectivity index (χ0v) is 12.4. The van der Waals surface area contributed by atoms with Gasteiger partial charge in [0, 0.05) is 18.5 Å². The van der Waals surface area contributed by atoms with Crippen LogP contribution in [0.25, 0.3) is 0 Å². The van der Waals surface area contributed by atoms with Crippen LogP contribution in [-0.2, 0) is 13.6 Å². The molecule has 0 bridgehead atoms. The molecule has 102 valence electrons. The lowest BCUT2D eigenvalue weighted by molar-refractivity contribution is 0.664. The van der Waals surface area contributed by atoms with E-state index in [-0.39, 0.29) is 0 Å². The quantitative estimate of drug-likeness (QED) is 0.820. The highest BCUT2D eigenvalue weighted by Gasteiger charge is 2.06. The van der Waals surface area contributed by atoms with Gasteiger partial charge in [-0.1, -0.05) is 13.0 Å². The average molecular weight is 277 g/mol. The topological polar surface area (TPSA) is 55.6 Å². The first-order valence-corrected chi connectivity index (χ1v) is 7.22. The fourth-order valence-corrected chi connectivity index (χ4v) is 2.57. The van der Waals surface area contributed by atoms with Crippen molar-refractivity contribution in [2.45, 2.75) is 36.9 Å². The van der Waals surface area contributed by atoms with Gasteiger partial charge in [-0.05, 0) is 65.3 Å². The number of rotatable bonds is 6. The van der Waals surface area contributed by atoms with Crippen molar-refractivity contribution in [2.24, 2.45) is 7.05 Å². The summed E-state index contributed by atoms with van der Waals surface area (Å²) in [5.74, 6) is 0. The van der Waals surface area contributed by atoms with E-state index in [0.717, 1.165) is 29.6 Å². The van der Waals surface area contributed by atoms with Crippen molar-refractivity contribution in [2.75, 3.05) is 6.54 Å². The maximum Gasteiger partial charge on any atom is 0.213 e. The summed E-state index contributed by atoms with van der Waals surface area (Å²) < 4.78 is 1.68. The van der Waals surface area contributed by atoms with Crippen LogP contribution in [0.2, 0.25) is 0 Å².